The van der Waals surface area contributed by atoms with Gasteiger partial charge >= 0.3 is 0 Å². The van der Waals surface area contributed by atoms with Crippen LogP contribution in [0.5, 0.6) is 0 Å². The molecule has 0 aliphatic carbocycles. The van der Waals surface area contributed by atoms with Gasteiger partial charge in [-0.3, -0.25) is 4.68 Å². The predicted molar refractivity (Wildman–Crippen MR) is 61.0 cm³/mol. The van der Waals surface area contributed by atoms with Crippen LogP contribution < -0.4 is 5.32 Å². The Morgan fingerprint density at radius 1 is 1.67 bits per heavy atom. The molecule has 5 heteroatoms. The van der Waals surface area contributed by atoms with E-state index in [9.17, 15) is 5.11 Å². The number of halogens is 1. The van der Waals surface area contributed by atoms with E-state index in [4.69, 9.17) is 11.6 Å². The lowest BCUT2D eigenvalue weighted by Gasteiger charge is -2.24. The minimum absolute atomic E-state index is 0.526. The van der Waals surface area contributed by atoms with Crippen LogP contribution in [0.4, 0.5) is 0 Å². The lowest BCUT2D eigenvalue weighted by atomic mass is 9.98. The lowest BCUT2D eigenvalue weighted by molar-refractivity contribution is 0.0393. The summed E-state index contributed by atoms with van der Waals surface area (Å²) in [6.45, 7) is 5.18. The highest BCUT2D eigenvalue weighted by Gasteiger charge is 2.29. The standard InChI is InChI=1S/C10H18ClN3O/c1-4-14-9(8(11)7-13-14)10(2,15)5-6-12-3/h7,12,15H,4-6H2,1-3H3. The molecule has 1 aromatic rings. The van der Waals surface area contributed by atoms with Crippen molar-refractivity contribution in [2.45, 2.75) is 32.4 Å². The topological polar surface area (TPSA) is 50.1 Å². The largest absolute Gasteiger partial charge is 0.384 e. The Morgan fingerprint density at radius 3 is 2.87 bits per heavy atom. The lowest BCUT2D eigenvalue weighted by Crippen LogP contribution is -2.29. The summed E-state index contributed by atoms with van der Waals surface area (Å²) in [7, 11) is 1.86. The molecule has 86 valence electrons. The summed E-state index contributed by atoms with van der Waals surface area (Å²) < 4.78 is 1.73. The van der Waals surface area contributed by atoms with E-state index in [1.807, 2.05) is 14.0 Å². The number of hydrogen-bond acceptors (Lipinski definition) is 3. The first-order valence-electron chi connectivity index (χ1n) is 5.11. The Bertz CT molecular complexity index is 322. The second-order valence-corrected chi connectivity index (χ2v) is 4.19. The minimum Gasteiger partial charge on any atom is -0.384 e. The number of aromatic nitrogens is 2. The zero-order valence-electron chi connectivity index (χ0n) is 9.42. The SMILES string of the molecule is CCn1ncc(Cl)c1C(C)(O)CCNC. The summed E-state index contributed by atoms with van der Waals surface area (Å²) in [5, 5.41) is 18.0. The van der Waals surface area contributed by atoms with Crippen molar-refractivity contribution in [2.24, 2.45) is 0 Å². The van der Waals surface area contributed by atoms with Gasteiger partial charge in [0.2, 0.25) is 0 Å². The van der Waals surface area contributed by atoms with E-state index in [0.717, 1.165) is 6.54 Å². The van der Waals surface area contributed by atoms with Crippen molar-refractivity contribution in [2.75, 3.05) is 13.6 Å². The average molecular weight is 232 g/mol. The van der Waals surface area contributed by atoms with Crippen molar-refractivity contribution < 1.29 is 5.11 Å². The van der Waals surface area contributed by atoms with Crippen molar-refractivity contribution in [1.29, 1.82) is 0 Å². The van der Waals surface area contributed by atoms with Gasteiger partial charge in [0, 0.05) is 6.54 Å². The van der Waals surface area contributed by atoms with E-state index < -0.39 is 5.60 Å². The molecule has 0 saturated heterocycles. The van der Waals surface area contributed by atoms with Crippen LogP contribution in [0.1, 0.15) is 26.0 Å². The molecule has 0 radical (unpaired) electrons. The van der Waals surface area contributed by atoms with E-state index in [2.05, 4.69) is 10.4 Å². The van der Waals surface area contributed by atoms with Gasteiger partial charge in [-0.1, -0.05) is 11.6 Å². The van der Waals surface area contributed by atoms with Gasteiger partial charge in [-0.15, -0.1) is 0 Å². The van der Waals surface area contributed by atoms with Crippen LogP contribution in [0.25, 0.3) is 0 Å². The molecule has 1 rings (SSSR count). The summed E-state index contributed by atoms with van der Waals surface area (Å²) in [5.74, 6) is 0. The summed E-state index contributed by atoms with van der Waals surface area (Å²) in [6.07, 6.45) is 2.18. The molecule has 0 aliphatic rings. The van der Waals surface area contributed by atoms with Gasteiger partial charge in [0.15, 0.2) is 0 Å². The number of aliphatic hydroxyl groups is 1. The summed E-state index contributed by atoms with van der Waals surface area (Å²) in [5.41, 5.74) is -0.242. The minimum atomic E-state index is -0.938. The number of rotatable bonds is 5. The molecule has 1 heterocycles. The van der Waals surface area contributed by atoms with Crippen LogP contribution in [0, 0.1) is 0 Å². The molecule has 0 amide bonds. The van der Waals surface area contributed by atoms with Crippen LogP contribution in [0.2, 0.25) is 5.02 Å². The van der Waals surface area contributed by atoms with E-state index in [1.54, 1.807) is 17.8 Å². The number of aryl methyl sites for hydroxylation is 1. The van der Waals surface area contributed by atoms with Crippen molar-refractivity contribution in [3.63, 3.8) is 0 Å². The molecule has 15 heavy (non-hydrogen) atoms. The number of hydrogen-bond donors (Lipinski definition) is 2. The second kappa shape index (κ2) is 4.96. The van der Waals surface area contributed by atoms with Crippen LogP contribution >= 0.6 is 11.6 Å². The van der Waals surface area contributed by atoms with Gasteiger partial charge in [0.25, 0.3) is 0 Å². The van der Waals surface area contributed by atoms with Crippen LogP contribution in [-0.2, 0) is 12.1 Å². The molecule has 2 N–H and O–H groups in total. The number of nitrogens with one attached hydrogen (secondary N) is 1. The first kappa shape index (κ1) is 12.5. The zero-order chi connectivity index (χ0) is 11.5. The van der Waals surface area contributed by atoms with E-state index in [1.165, 1.54) is 0 Å². The maximum Gasteiger partial charge on any atom is 0.106 e. The fraction of sp³-hybridized carbons (Fsp3) is 0.700. The third-order valence-corrected chi connectivity index (χ3v) is 2.74. The predicted octanol–water partition coefficient (Wildman–Crippen LogP) is 1.37. The van der Waals surface area contributed by atoms with E-state index in [0.29, 0.717) is 23.7 Å². The van der Waals surface area contributed by atoms with Crippen molar-refractivity contribution >= 4 is 11.6 Å². The Labute approximate surface area is 95.2 Å². The Balaban J connectivity index is 2.96. The molecular weight excluding hydrogens is 214 g/mol. The maximum absolute atomic E-state index is 10.3. The maximum atomic E-state index is 10.3. The van der Waals surface area contributed by atoms with Crippen LogP contribution in [-0.4, -0.2) is 28.5 Å². The molecule has 4 nitrogen and oxygen atoms in total. The highest BCUT2D eigenvalue weighted by Crippen LogP contribution is 2.30. The second-order valence-electron chi connectivity index (χ2n) is 3.78. The molecule has 1 unspecified atom stereocenters. The van der Waals surface area contributed by atoms with Crippen LogP contribution in [0.15, 0.2) is 6.20 Å². The van der Waals surface area contributed by atoms with Gasteiger partial charge < -0.3 is 10.4 Å². The zero-order valence-corrected chi connectivity index (χ0v) is 10.2. The molecule has 1 atom stereocenters. The average Bonchev–Trinajstić information content (AvgIpc) is 2.57. The summed E-state index contributed by atoms with van der Waals surface area (Å²) in [4.78, 5) is 0. The summed E-state index contributed by atoms with van der Waals surface area (Å²) >= 11 is 6.02. The molecule has 0 spiro atoms. The molecule has 0 saturated carbocycles. The van der Waals surface area contributed by atoms with Crippen molar-refractivity contribution in [3.8, 4) is 0 Å². The number of nitrogens with zero attached hydrogens (tertiary/aromatic N) is 2. The third-order valence-electron chi connectivity index (χ3n) is 2.47. The van der Waals surface area contributed by atoms with Crippen molar-refractivity contribution in [1.82, 2.24) is 15.1 Å². The third kappa shape index (κ3) is 2.71. The summed E-state index contributed by atoms with van der Waals surface area (Å²) in [6, 6.07) is 0. The van der Waals surface area contributed by atoms with Gasteiger partial charge in [-0.25, -0.2) is 0 Å². The molecule has 0 bridgehead atoms. The molecule has 1 aromatic heterocycles. The Morgan fingerprint density at radius 2 is 2.33 bits per heavy atom. The quantitative estimate of drug-likeness (QED) is 0.805. The highest BCUT2D eigenvalue weighted by molar-refractivity contribution is 6.31. The van der Waals surface area contributed by atoms with Gasteiger partial charge in [0.1, 0.15) is 5.60 Å². The van der Waals surface area contributed by atoms with Gasteiger partial charge in [-0.2, -0.15) is 5.10 Å². The first-order valence-corrected chi connectivity index (χ1v) is 5.49. The Hall–Kier alpha value is -0.580. The van der Waals surface area contributed by atoms with Gasteiger partial charge in [-0.05, 0) is 33.9 Å². The van der Waals surface area contributed by atoms with Crippen molar-refractivity contribution in [3.05, 3.63) is 16.9 Å². The normalized spacial score (nSPS) is 15.3. The highest BCUT2D eigenvalue weighted by atomic mass is 35.5. The fourth-order valence-corrected chi connectivity index (χ4v) is 1.97. The molecule has 0 aliphatic heterocycles. The molecular formula is C10H18ClN3O. The monoisotopic (exact) mass is 231 g/mol. The van der Waals surface area contributed by atoms with E-state index >= 15 is 0 Å². The first-order chi connectivity index (χ1) is 7.03. The fourth-order valence-electron chi connectivity index (χ4n) is 1.62. The molecule has 0 aromatic carbocycles. The smallest absolute Gasteiger partial charge is 0.106 e. The molecule has 0 fully saturated rings. The van der Waals surface area contributed by atoms with Gasteiger partial charge in [0.05, 0.1) is 16.9 Å². The van der Waals surface area contributed by atoms with Crippen LogP contribution in [0.3, 0.4) is 0 Å². The van der Waals surface area contributed by atoms with E-state index in [-0.39, 0.29) is 0 Å². The Kier molecular flexibility index (Phi) is 4.13.